The number of para-hydroxylation sites is 1. The van der Waals surface area contributed by atoms with E-state index in [9.17, 15) is 10.1 Å². The predicted molar refractivity (Wildman–Crippen MR) is 98.5 cm³/mol. The number of carbonyl (C=O) groups excluding carboxylic acids is 1. The second-order valence-corrected chi connectivity index (χ2v) is 5.91. The highest BCUT2D eigenvalue weighted by Crippen LogP contribution is 2.21. The van der Waals surface area contributed by atoms with Crippen molar-refractivity contribution in [2.45, 2.75) is 13.0 Å². The van der Waals surface area contributed by atoms with Crippen molar-refractivity contribution in [2.24, 2.45) is 0 Å². The van der Waals surface area contributed by atoms with Crippen LogP contribution in [0.5, 0.6) is 5.75 Å². The highest BCUT2D eigenvalue weighted by Gasteiger charge is 2.20. The number of rotatable bonds is 5. The summed E-state index contributed by atoms with van der Waals surface area (Å²) in [6, 6.07) is 18.0. The van der Waals surface area contributed by atoms with Gasteiger partial charge in [-0.3, -0.25) is 4.79 Å². The minimum Gasteiger partial charge on any atom is -0.481 e. The van der Waals surface area contributed by atoms with Crippen LogP contribution in [-0.2, 0) is 4.79 Å². The van der Waals surface area contributed by atoms with Gasteiger partial charge in [0, 0.05) is 5.02 Å². The normalized spacial score (nSPS) is 11.4. The average Bonchev–Trinajstić information content (AvgIpc) is 3.05. The van der Waals surface area contributed by atoms with Crippen LogP contribution in [0.4, 0.5) is 5.82 Å². The van der Waals surface area contributed by atoms with Crippen LogP contribution in [0.1, 0.15) is 12.5 Å². The first-order valence-electron chi connectivity index (χ1n) is 7.85. The van der Waals surface area contributed by atoms with E-state index >= 15 is 0 Å². The standard InChI is InChI=1S/C19H15ClN4O2/c1-13(26-17-9-5-6-15(20)10-17)19(25)23-18-14(11-21)12-22-24(18)16-7-3-2-4-8-16/h2-10,12-13H,1H3,(H,23,25)/t13-/m0/s1. The van der Waals surface area contributed by atoms with Crippen molar-refractivity contribution in [2.75, 3.05) is 5.32 Å². The van der Waals surface area contributed by atoms with E-state index in [0.717, 1.165) is 5.69 Å². The number of ether oxygens (including phenoxy) is 1. The molecule has 6 nitrogen and oxygen atoms in total. The lowest BCUT2D eigenvalue weighted by Crippen LogP contribution is -2.31. The Balaban J connectivity index is 1.81. The summed E-state index contributed by atoms with van der Waals surface area (Å²) in [7, 11) is 0. The highest BCUT2D eigenvalue weighted by atomic mass is 35.5. The van der Waals surface area contributed by atoms with Crippen molar-refractivity contribution in [1.82, 2.24) is 9.78 Å². The van der Waals surface area contributed by atoms with Gasteiger partial charge < -0.3 is 10.1 Å². The molecule has 3 rings (SSSR count). The zero-order valence-electron chi connectivity index (χ0n) is 13.9. The average molecular weight is 367 g/mol. The van der Waals surface area contributed by atoms with Gasteiger partial charge in [0.15, 0.2) is 11.9 Å². The molecule has 130 valence electrons. The number of amides is 1. The van der Waals surface area contributed by atoms with Gasteiger partial charge in [0.05, 0.1) is 11.9 Å². The van der Waals surface area contributed by atoms with E-state index in [1.807, 2.05) is 36.4 Å². The molecule has 1 aromatic heterocycles. The molecular formula is C19H15ClN4O2. The van der Waals surface area contributed by atoms with Crippen LogP contribution in [0.15, 0.2) is 60.8 Å². The third-order valence-electron chi connectivity index (χ3n) is 3.61. The number of nitriles is 1. The maximum Gasteiger partial charge on any atom is 0.266 e. The summed E-state index contributed by atoms with van der Waals surface area (Å²) in [5, 5.41) is 16.7. The molecule has 1 amide bonds. The lowest BCUT2D eigenvalue weighted by Gasteiger charge is -2.16. The molecule has 7 heteroatoms. The summed E-state index contributed by atoms with van der Waals surface area (Å²) in [6.07, 6.45) is 0.615. The highest BCUT2D eigenvalue weighted by molar-refractivity contribution is 6.30. The lowest BCUT2D eigenvalue weighted by molar-refractivity contribution is -0.122. The molecular weight excluding hydrogens is 352 g/mol. The Morgan fingerprint density at radius 2 is 2.04 bits per heavy atom. The quantitative estimate of drug-likeness (QED) is 0.744. The van der Waals surface area contributed by atoms with Gasteiger partial charge in [-0.2, -0.15) is 10.4 Å². The first-order valence-corrected chi connectivity index (χ1v) is 8.23. The van der Waals surface area contributed by atoms with Crippen LogP contribution < -0.4 is 10.1 Å². The molecule has 0 radical (unpaired) electrons. The predicted octanol–water partition coefficient (Wildman–Crippen LogP) is 3.80. The number of nitrogens with one attached hydrogen (secondary N) is 1. The molecule has 0 unspecified atom stereocenters. The Labute approximate surface area is 155 Å². The molecule has 0 aliphatic rings. The van der Waals surface area contributed by atoms with Gasteiger partial charge in [-0.15, -0.1) is 0 Å². The monoisotopic (exact) mass is 366 g/mol. The Kier molecular flexibility index (Phi) is 5.20. The Morgan fingerprint density at radius 1 is 1.27 bits per heavy atom. The number of aromatic nitrogens is 2. The van der Waals surface area contributed by atoms with Crippen LogP contribution in [0, 0.1) is 11.3 Å². The molecule has 3 aromatic rings. The first kappa shape index (κ1) is 17.5. The van der Waals surface area contributed by atoms with Crippen LogP contribution in [0.3, 0.4) is 0 Å². The SMILES string of the molecule is C[C@H](Oc1cccc(Cl)c1)C(=O)Nc1c(C#N)cnn1-c1ccccc1. The Morgan fingerprint density at radius 3 is 2.73 bits per heavy atom. The molecule has 0 bridgehead atoms. The van der Waals surface area contributed by atoms with Gasteiger partial charge >= 0.3 is 0 Å². The van der Waals surface area contributed by atoms with Crippen molar-refractivity contribution in [3.05, 3.63) is 71.4 Å². The Hall–Kier alpha value is -3.30. The van der Waals surface area contributed by atoms with E-state index in [0.29, 0.717) is 16.6 Å². The molecule has 0 fully saturated rings. The molecule has 0 saturated carbocycles. The Bertz CT molecular complexity index is 963. The maximum atomic E-state index is 12.5. The van der Waals surface area contributed by atoms with E-state index in [4.69, 9.17) is 16.3 Å². The molecule has 2 aromatic carbocycles. The van der Waals surface area contributed by atoms with Crippen LogP contribution in [0.2, 0.25) is 5.02 Å². The molecule has 1 N–H and O–H groups in total. The van der Waals surface area contributed by atoms with E-state index in [-0.39, 0.29) is 5.56 Å². The third-order valence-corrected chi connectivity index (χ3v) is 3.85. The number of nitrogens with zero attached hydrogens (tertiary/aromatic N) is 3. The van der Waals surface area contributed by atoms with Gasteiger partial charge in [-0.05, 0) is 37.3 Å². The summed E-state index contributed by atoms with van der Waals surface area (Å²) in [4.78, 5) is 12.5. The number of hydrogen-bond donors (Lipinski definition) is 1. The number of hydrogen-bond acceptors (Lipinski definition) is 4. The van der Waals surface area contributed by atoms with Crippen molar-refractivity contribution < 1.29 is 9.53 Å². The molecule has 0 spiro atoms. The van der Waals surface area contributed by atoms with Crippen LogP contribution in [0.25, 0.3) is 5.69 Å². The molecule has 0 aliphatic carbocycles. The van der Waals surface area contributed by atoms with Crippen LogP contribution >= 0.6 is 11.6 Å². The molecule has 1 atom stereocenters. The fraction of sp³-hybridized carbons (Fsp3) is 0.105. The minimum absolute atomic E-state index is 0.261. The second kappa shape index (κ2) is 7.72. The maximum absolute atomic E-state index is 12.5. The number of carbonyl (C=O) groups is 1. The van der Waals surface area contributed by atoms with E-state index in [1.165, 1.54) is 10.9 Å². The first-order chi connectivity index (χ1) is 12.6. The molecule has 1 heterocycles. The zero-order valence-corrected chi connectivity index (χ0v) is 14.6. The summed E-state index contributed by atoms with van der Waals surface area (Å²) < 4.78 is 7.12. The summed E-state index contributed by atoms with van der Waals surface area (Å²) >= 11 is 5.92. The van der Waals surface area contributed by atoms with Gasteiger partial charge in [-0.1, -0.05) is 35.9 Å². The van der Waals surface area contributed by atoms with E-state index in [2.05, 4.69) is 10.4 Å². The van der Waals surface area contributed by atoms with Crippen molar-refractivity contribution in [3.8, 4) is 17.5 Å². The summed E-state index contributed by atoms with van der Waals surface area (Å²) in [5.41, 5.74) is 0.991. The van der Waals surface area contributed by atoms with Gasteiger partial charge in [-0.25, -0.2) is 4.68 Å². The van der Waals surface area contributed by atoms with E-state index in [1.54, 1.807) is 31.2 Å². The number of anilines is 1. The topological polar surface area (TPSA) is 79.9 Å². The van der Waals surface area contributed by atoms with Crippen molar-refractivity contribution in [1.29, 1.82) is 5.26 Å². The fourth-order valence-electron chi connectivity index (χ4n) is 2.33. The van der Waals surface area contributed by atoms with Gasteiger partial charge in [0.2, 0.25) is 0 Å². The summed E-state index contributed by atoms with van der Waals surface area (Å²) in [6.45, 7) is 1.62. The minimum atomic E-state index is -0.792. The lowest BCUT2D eigenvalue weighted by atomic mass is 10.3. The number of halogens is 1. The van der Waals surface area contributed by atoms with Gasteiger partial charge in [0.25, 0.3) is 5.91 Å². The molecule has 0 saturated heterocycles. The molecule has 26 heavy (non-hydrogen) atoms. The smallest absolute Gasteiger partial charge is 0.266 e. The van der Waals surface area contributed by atoms with E-state index < -0.39 is 12.0 Å². The summed E-state index contributed by atoms with van der Waals surface area (Å²) in [5.74, 6) is 0.377. The zero-order chi connectivity index (χ0) is 18.5. The second-order valence-electron chi connectivity index (χ2n) is 5.47. The van der Waals surface area contributed by atoms with Crippen molar-refractivity contribution >= 4 is 23.3 Å². The largest absolute Gasteiger partial charge is 0.481 e. The number of benzene rings is 2. The third kappa shape index (κ3) is 3.85. The van der Waals surface area contributed by atoms with Crippen molar-refractivity contribution in [3.63, 3.8) is 0 Å². The van der Waals surface area contributed by atoms with Crippen LogP contribution in [-0.4, -0.2) is 21.8 Å². The molecule has 0 aliphatic heterocycles. The van der Waals surface area contributed by atoms with Gasteiger partial charge in [0.1, 0.15) is 17.4 Å². The fourth-order valence-corrected chi connectivity index (χ4v) is 2.51.